The molecule has 0 spiro atoms. The van der Waals surface area contributed by atoms with E-state index in [4.69, 9.17) is 37.4 Å². The first-order valence-electron chi connectivity index (χ1n) is 14.0. The van der Waals surface area contributed by atoms with Crippen LogP contribution in [0.4, 0.5) is 11.4 Å². The highest BCUT2D eigenvalue weighted by Gasteiger charge is 2.07. The summed E-state index contributed by atoms with van der Waals surface area (Å²) in [6, 6.07) is 25.2. The Kier molecular flexibility index (Phi) is 11.7. The lowest BCUT2D eigenvalue weighted by atomic mass is 10.2. The molecule has 0 bridgehead atoms. The molecule has 0 heterocycles. The lowest BCUT2D eigenvalue weighted by Crippen LogP contribution is -2.13. The van der Waals surface area contributed by atoms with Crippen molar-refractivity contribution >= 4 is 46.4 Å². The smallest absolute Gasteiger partial charge is 0.224 e. The molecule has 0 unspecified atom stereocenters. The molecule has 0 radical (unpaired) electrons. The van der Waals surface area contributed by atoms with Crippen LogP contribution < -0.4 is 24.8 Å². The zero-order valence-corrected chi connectivity index (χ0v) is 25.6. The molecule has 0 saturated carbocycles. The summed E-state index contributed by atoms with van der Waals surface area (Å²) in [4.78, 5) is 24.6. The molecule has 4 rings (SSSR count). The molecule has 0 saturated heterocycles. The molecule has 0 fully saturated rings. The second-order valence-corrected chi connectivity index (χ2v) is 10.8. The Bertz CT molecular complexity index is 1410. The largest absolute Gasteiger partial charge is 0.493 e. The minimum atomic E-state index is -0.0908. The summed E-state index contributed by atoms with van der Waals surface area (Å²) in [7, 11) is 0. The number of nitrogens with one attached hydrogen (secondary N) is 2. The Labute approximate surface area is 262 Å². The zero-order valence-electron chi connectivity index (χ0n) is 24.1. The van der Waals surface area contributed by atoms with E-state index in [0.29, 0.717) is 71.8 Å². The molecule has 0 aliphatic heterocycles. The molecule has 2 N–H and O–H groups in total. The summed E-state index contributed by atoms with van der Waals surface area (Å²) in [5, 5.41) is 7.11. The van der Waals surface area contributed by atoms with E-state index in [1.54, 1.807) is 60.7 Å². The van der Waals surface area contributed by atoms with E-state index in [0.717, 1.165) is 22.6 Å². The Morgan fingerprint density at radius 3 is 1.37 bits per heavy atom. The molecule has 224 valence electrons. The van der Waals surface area contributed by atoms with Gasteiger partial charge in [-0.15, -0.1) is 0 Å². The molecule has 0 aliphatic rings. The van der Waals surface area contributed by atoms with Crippen LogP contribution in [-0.4, -0.2) is 25.0 Å². The number of aryl methyl sites for hydroxylation is 2. The van der Waals surface area contributed by atoms with Gasteiger partial charge in [-0.1, -0.05) is 23.2 Å². The van der Waals surface area contributed by atoms with Crippen molar-refractivity contribution < 1.29 is 23.8 Å². The van der Waals surface area contributed by atoms with Crippen molar-refractivity contribution in [3.8, 4) is 23.0 Å². The standard InChI is InChI=1S/C34H34Cl2N2O5/c1-23-21-25(35)7-17-31(23)41-19-3-5-33(39)37-27-9-13-29(14-10-27)43-30-15-11-28(12-16-30)38-34(40)6-4-20-42-32-18-8-26(36)22-24(32)2/h7-18,21-22H,3-6,19-20H2,1-2H3,(H,37,39)(H,38,40). The second kappa shape index (κ2) is 15.9. The molecule has 4 aromatic carbocycles. The summed E-state index contributed by atoms with van der Waals surface area (Å²) in [5.74, 6) is 2.60. The molecule has 0 aromatic heterocycles. The van der Waals surface area contributed by atoms with Gasteiger partial charge in [-0.2, -0.15) is 0 Å². The van der Waals surface area contributed by atoms with Crippen molar-refractivity contribution in [2.45, 2.75) is 39.5 Å². The minimum absolute atomic E-state index is 0.0908. The van der Waals surface area contributed by atoms with Gasteiger partial charge in [-0.25, -0.2) is 0 Å². The van der Waals surface area contributed by atoms with Crippen LogP contribution in [0.3, 0.4) is 0 Å². The van der Waals surface area contributed by atoms with Gasteiger partial charge in [0.2, 0.25) is 11.8 Å². The Hall–Kier alpha value is -4.20. The first-order valence-corrected chi connectivity index (χ1v) is 14.8. The monoisotopic (exact) mass is 620 g/mol. The van der Waals surface area contributed by atoms with E-state index in [1.165, 1.54) is 0 Å². The number of benzene rings is 4. The molecule has 7 nitrogen and oxygen atoms in total. The lowest BCUT2D eigenvalue weighted by molar-refractivity contribution is -0.117. The fourth-order valence-corrected chi connectivity index (χ4v) is 4.63. The predicted octanol–water partition coefficient (Wildman–Crippen LogP) is 9.00. The highest BCUT2D eigenvalue weighted by atomic mass is 35.5. The first kappa shape index (κ1) is 31.7. The second-order valence-electron chi connectivity index (χ2n) is 9.97. The maximum Gasteiger partial charge on any atom is 0.224 e. The van der Waals surface area contributed by atoms with E-state index in [1.807, 2.05) is 38.1 Å². The number of anilines is 2. The number of halogens is 2. The van der Waals surface area contributed by atoms with Crippen LogP contribution in [0.15, 0.2) is 84.9 Å². The van der Waals surface area contributed by atoms with Crippen LogP contribution in [0, 0.1) is 13.8 Å². The maximum absolute atomic E-state index is 12.3. The highest BCUT2D eigenvalue weighted by molar-refractivity contribution is 6.31. The van der Waals surface area contributed by atoms with Crippen molar-refractivity contribution in [1.82, 2.24) is 0 Å². The summed E-state index contributed by atoms with van der Waals surface area (Å²) >= 11 is 11.9. The van der Waals surface area contributed by atoms with Crippen LogP contribution >= 0.6 is 23.2 Å². The number of amides is 2. The van der Waals surface area contributed by atoms with E-state index in [9.17, 15) is 9.59 Å². The third kappa shape index (κ3) is 10.5. The minimum Gasteiger partial charge on any atom is -0.493 e. The van der Waals surface area contributed by atoms with Crippen molar-refractivity contribution in [2.75, 3.05) is 23.8 Å². The van der Waals surface area contributed by atoms with Gasteiger partial charge in [0, 0.05) is 34.3 Å². The molecule has 0 aliphatic carbocycles. The van der Waals surface area contributed by atoms with Crippen molar-refractivity contribution in [2.24, 2.45) is 0 Å². The average molecular weight is 622 g/mol. The molecule has 0 atom stereocenters. The molecule has 43 heavy (non-hydrogen) atoms. The van der Waals surface area contributed by atoms with E-state index >= 15 is 0 Å². The van der Waals surface area contributed by atoms with Gasteiger partial charge in [-0.3, -0.25) is 9.59 Å². The van der Waals surface area contributed by atoms with Gasteiger partial charge >= 0.3 is 0 Å². The van der Waals surface area contributed by atoms with Crippen molar-refractivity contribution in [3.63, 3.8) is 0 Å². The normalized spacial score (nSPS) is 10.6. The fourth-order valence-electron chi connectivity index (χ4n) is 4.17. The average Bonchev–Trinajstić information content (AvgIpc) is 2.97. The first-order chi connectivity index (χ1) is 20.7. The number of rotatable bonds is 14. The number of carbonyl (C=O) groups excluding carboxylic acids is 2. The Balaban J connectivity index is 1.13. The Morgan fingerprint density at radius 2 is 1.00 bits per heavy atom. The van der Waals surface area contributed by atoms with Gasteiger partial charge in [-0.05, 0) is 123 Å². The van der Waals surface area contributed by atoms with Gasteiger partial charge in [0.25, 0.3) is 0 Å². The summed E-state index contributed by atoms with van der Waals surface area (Å²) in [5.41, 5.74) is 3.28. The van der Waals surface area contributed by atoms with Crippen molar-refractivity contribution in [1.29, 1.82) is 0 Å². The van der Waals surface area contributed by atoms with Crippen molar-refractivity contribution in [3.05, 3.63) is 106 Å². The van der Waals surface area contributed by atoms with Crippen LogP contribution in [0.25, 0.3) is 0 Å². The topological polar surface area (TPSA) is 85.9 Å². The SMILES string of the molecule is Cc1cc(Cl)ccc1OCCCC(=O)Nc1ccc(Oc2ccc(NC(=O)CCCOc3ccc(Cl)cc3C)cc2)cc1. The van der Waals surface area contributed by atoms with E-state index < -0.39 is 0 Å². The summed E-state index contributed by atoms with van der Waals surface area (Å²) in [6.07, 6.45) is 1.85. The van der Waals surface area contributed by atoms with Crippen LogP contribution in [0.1, 0.15) is 36.8 Å². The van der Waals surface area contributed by atoms with Crippen LogP contribution in [-0.2, 0) is 9.59 Å². The summed E-state index contributed by atoms with van der Waals surface area (Å²) in [6.45, 7) is 4.74. The third-order valence-electron chi connectivity index (χ3n) is 6.40. The quantitative estimate of drug-likeness (QED) is 0.137. The Morgan fingerprint density at radius 1 is 0.605 bits per heavy atom. The number of carbonyl (C=O) groups is 2. The third-order valence-corrected chi connectivity index (χ3v) is 6.87. The zero-order chi connectivity index (χ0) is 30.6. The molecular weight excluding hydrogens is 587 g/mol. The van der Waals surface area contributed by atoms with E-state index in [-0.39, 0.29) is 11.8 Å². The highest BCUT2D eigenvalue weighted by Crippen LogP contribution is 2.26. The molecule has 2 amide bonds. The maximum atomic E-state index is 12.3. The number of ether oxygens (including phenoxy) is 3. The van der Waals surface area contributed by atoms with Gasteiger partial charge in [0.15, 0.2) is 0 Å². The molecule has 4 aromatic rings. The van der Waals surface area contributed by atoms with E-state index in [2.05, 4.69) is 10.6 Å². The van der Waals surface area contributed by atoms with Gasteiger partial charge in [0.05, 0.1) is 13.2 Å². The molecular formula is C34H34Cl2N2O5. The van der Waals surface area contributed by atoms with Crippen LogP contribution in [0.2, 0.25) is 10.0 Å². The number of hydrogen-bond donors (Lipinski definition) is 2. The predicted molar refractivity (Wildman–Crippen MR) is 172 cm³/mol. The summed E-state index contributed by atoms with van der Waals surface area (Å²) < 4.78 is 17.4. The lowest BCUT2D eigenvalue weighted by Gasteiger charge is -2.11. The van der Waals surface area contributed by atoms with Crippen LogP contribution in [0.5, 0.6) is 23.0 Å². The number of hydrogen-bond acceptors (Lipinski definition) is 5. The van der Waals surface area contributed by atoms with Gasteiger partial charge in [0.1, 0.15) is 23.0 Å². The fraction of sp³-hybridized carbons (Fsp3) is 0.235. The van der Waals surface area contributed by atoms with Gasteiger partial charge < -0.3 is 24.8 Å². The molecule has 9 heteroatoms.